The van der Waals surface area contributed by atoms with Crippen molar-refractivity contribution < 1.29 is 27.4 Å². The Morgan fingerprint density at radius 3 is 1.91 bits per heavy atom. The minimum atomic E-state index is -3.72. The van der Waals surface area contributed by atoms with Gasteiger partial charge in [-0.15, -0.1) is 0 Å². The van der Waals surface area contributed by atoms with Crippen molar-refractivity contribution in [1.29, 1.82) is 0 Å². The lowest BCUT2D eigenvalue weighted by atomic mass is 10.1. The van der Waals surface area contributed by atoms with E-state index in [1.54, 1.807) is 51.7 Å². The summed E-state index contributed by atoms with van der Waals surface area (Å²) in [6.07, 6.45) is 3.74. The number of sulfonamides is 1. The quantitative estimate of drug-likeness (QED) is 0.471. The smallest absolute Gasteiger partial charge is 0.261 e. The van der Waals surface area contributed by atoms with Gasteiger partial charge < -0.3 is 18.9 Å². The van der Waals surface area contributed by atoms with Crippen molar-refractivity contribution in [2.24, 2.45) is 0 Å². The number of nitrogens with one attached hydrogen (secondary N) is 1. The van der Waals surface area contributed by atoms with Crippen LogP contribution >= 0.6 is 0 Å². The van der Waals surface area contributed by atoms with Crippen LogP contribution in [0.3, 0.4) is 0 Å². The lowest BCUT2D eigenvalue weighted by Gasteiger charge is -2.13. The maximum atomic E-state index is 12.7. The first kappa shape index (κ1) is 23.0. The molecule has 0 atom stereocenters. The van der Waals surface area contributed by atoms with Crippen LogP contribution in [0.15, 0.2) is 65.6 Å². The van der Waals surface area contributed by atoms with Gasteiger partial charge in [0.1, 0.15) is 5.75 Å². The van der Waals surface area contributed by atoms with Crippen molar-refractivity contribution in [3.63, 3.8) is 0 Å². The fourth-order valence-corrected chi connectivity index (χ4v) is 4.11. The highest BCUT2D eigenvalue weighted by atomic mass is 32.2. The number of rotatable bonds is 9. The van der Waals surface area contributed by atoms with Gasteiger partial charge in [0.25, 0.3) is 10.0 Å². The van der Waals surface area contributed by atoms with Gasteiger partial charge in [-0.3, -0.25) is 4.72 Å². The number of hydrogen-bond acceptors (Lipinski definition) is 6. The van der Waals surface area contributed by atoms with E-state index in [0.717, 1.165) is 11.1 Å². The van der Waals surface area contributed by atoms with Gasteiger partial charge in [-0.25, -0.2) is 8.42 Å². The monoisotopic (exact) mass is 455 g/mol. The van der Waals surface area contributed by atoms with E-state index in [9.17, 15) is 8.42 Å². The highest BCUT2D eigenvalue weighted by Crippen LogP contribution is 2.38. The second-order valence-corrected chi connectivity index (χ2v) is 8.38. The largest absolute Gasteiger partial charge is 0.497 e. The van der Waals surface area contributed by atoms with Crippen LogP contribution in [-0.4, -0.2) is 36.9 Å². The molecular weight excluding hydrogens is 430 g/mol. The van der Waals surface area contributed by atoms with Crippen molar-refractivity contribution in [2.45, 2.75) is 4.90 Å². The molecule has 3 aromatic carbocycles. The van der Waals surface area contributed by atoms with Gasteiger partial charge in [0.2, 0.25) is 5.75 Å². The molecule has 0 aliphatic heterocycles. The third-order valence-corrected chi connectivity index (χ3v) is 6.06. The lowest BCUT2D eigenvalue weighted by Crippen LogP contribution is -2.12. The molecule has 1 N–H and O–H groups in total. The average molecular weight is 456 g/mol. The number of benzene rings is 3. The Bertz CT molecular complexity index is 1180. The summed E-state index contributed by atoms with van der Waals surface area (Å²) in [5, 5.41) is 0. The number of anilines is 1. The second-order valence-electron chi connectivity index (χ2n) is 6.70. The predicted octanol–water partition coefficient (Wildman–Crippen LogP) is 4.69. The molecule has 0 saturated heterocycles. The van der Waals surface area contributed by atoms with Crippen LogP contribution in [0.5, 0.6) is 23.0 Å². The maximum Gasteiger partial charge on any atom is 0.261 e. The third-order valence-electron chi connectivity index (χ3n) is 4.66. The zero-order chi connectivity index (χ0) is 23.1. The molecule has 0 unspecified atom stereocenters. The summed E-state index contributed by atoms with van der Waals surface area (Å²) in [6.45, 7) is 0. The fraction of sp³-hybridized carbons (Fsp3) is 0.167. The Hall–Kier alpha value is -3.65. The minimum absolute atomic E-state index is 0.150. The van der Waals surface area contributed by atoms with E-state index in [0.29, 0.717) is 28.7 Å². The molecule has 8 heteroatoms. The average Bonchev–Trinajstić information content (AvgIpc) is 2.81. The molecule has 3 aromatic rings. The Morgan fingerprint density at radius 1 is 0.719 bits per heavy atom. The van der Waals surface area contributed by atoms with Crippen LogP contribution in [0.1, 0.15) is 11.1 Å². The Kier molecular flexibility index (Phi) is 7.27. The van der Waals surface area contributed by atoms with E-state index >= 15 is 0 Å². The van der Waals surface area contributed by atoms with Crippen molar-refractivity contribution >= 4 is 27.9 Å². The van der Waals surface area contributed by atoms with Crippen LogP contribution < -0.4 is 23.7 Å². The second kappa shape index (κ2) is 10.1. The van der Waals surface area contributed by atoms with Gasteiger partial charge in [0.05, 0.1) is 33.3 Å². The van der Waals surface area contributed by atoms with Gasteiger partial charge in [-0.1, -0.05) is 24.3 Å². The molecule has 0 aliphatic rings. The maximum absolute atomic E-state index is 12.7. The van der Waals surface area contributed by atoms with Crippen molar-refractivity contribution in [3.8, 4) is 23.0 Å². The fourth-order valence-electron chi connectivity index (χ4n) is 3.06. The van der Waals surface area contributed by atoms with E-state index in [-0.39, 0.29) is 4.90 Å². The van der Waals surface area contributed by atoms with Crippen molar-refractivity contribution in [3.05, 3.63) is 71.8 Å². The molecule has 0 radical (unpaired) electrons. The first-order valence-corrected chi connectivity index (χ1v) is 11.1. The molecule has 3 rings (SSSR count). The molecule has 0 spiro atoms. The molecule has 0 heterocycles. The molecule has 0 bridgehead atoms. The van der Waals surface area contributed by atoms with Crippen LogP contribution in [-0.2, 0) is 10.0 Å². The minimum Gasteiger partial charge on any atom is -0.497 e. The predicted molar refractivity (Wildman–Crippen MR) is 125 cm³/mol. The van der Waals surface area contributed by atoms with Crippen LogP contribution in [0.2, 0.25) is 0 Å². The van der Waals surface area contributed by atoms with Crippen LogP contribution in [0.4, 0.5) is 5.69 Å². The molecule has 0 aromatic heterocycles. The number of methoxy groups -OCH3 is 4. The molecule has 168 valence electrons. The summed E-state index contributed by atoms with van der Waals surface area (Å²) in [5.74, 6) is 2.20. The van der Waals surface area contributed by atoms with E-state index in [4.69, 9.17) is 18.9 Å². The van der Waals surface area contributed by atoms with Gasteiger partial charge >= 0.3 is 0 Å². The molecule has 32 heavy (non-hydrogen) atoms. The van der Waals surface area contributed by atoms with E-state index < -0.39 is 10.0 Å². The van der Waals surface area contributed by atoms with Crippen LogP contribution in [0.25, 0.3) is 12.2 Å². The highest BCUT2D eigenvalue weighted by Gasteiger charge is 2.14. The van der Waals surface area contributed by atoms with E-state index in [1.165, 1.54) is 19.2 Å². The third kappa shape index (κ3) is 5.33. The number of hydrogen-bond donors (Lipinski definition) is 1. The first-order chi connectivity index (χ1) is 15.4. The summed E-state index contributed by atoms with van der Waals surface area (Å²) in [5.41, 5.74) is 2.10. The number of ether oxygens (including phenoxy) is 4. The van der Waals surface area contributed by atoms with Crippen molar-refractivity contribution in [2.75, 3.05) is 33.2 Å². The summed E-state index contributed by atoms with van der Waals surface area (Å²) < 4.78 is 49.1. The van der Waals surface area contributed by atoms with E-state index in [2.05, 4.69) is 4.72 Å². The zero-order valence-corrected chi connectivity index (χ0v) is 19.1. The Balaban J connectivity index is 1.82. The molecule has 0 amide bonds. The topological polar surface area (TPSA) is 83.1 Å². The molecule has 0 saturated carbocycles. The normalized spacial score (nSPS) is 11.2. The molecular formula is C24H25NO6S. The van der Waals surface area contributed by atoms with Gasteiger partial charge in [0.15, 0.2) is 11.5 Å². The SMILES string of the molecule is COc1ccc(S(=O)(=O)Nc2cccc(/C=C\c3cc(OC)c(OC)c(OC)c3)c2)cc1. The van der Waals surface area contributed by atoms with Crippen molar-refractivity contribution in [1.82, 2.24) is 0 Å². The van der Waals surface area contributed by atoms with Crippen LogP contribution in [0, 0.1) is 0 Å². The summed E-state index contributed by atoms with van der Waals surface area (Å²) >= 11 is 0. The molecule has 0 fully saturated rings. The van der Waals surface area contributed by atoms with Gasteiger partial charge in [-0.05, 0) is 59.7 Å². The first-order valence-electron chi connectivity index (χ1n) is 9.65. The summed E-state index contributed by atoms with van der Waals surface area (Å²) in [4.78, 5) is 0.150. The summed E-state index contributed by atoms with van der Waals surface area (Å²) in [6, 6.07) is 16.9. The Morgan fingerprint density at radius 2 is 1.34 bits per heavy atom. The summed E-state index contributed by atoms with van der Waals surface area (Å²) in [7, 11) is 2.47. The standard InChI is InChI=1S/C24H25NO6S/c1-28-20-10-12-21(13-11-20)32(26,27)25-19-7-5-6-17(14-19)8-9-18-15-22(29-2)24(31-4)23(16-18)30-3/h5-16,25H,1-4H3/b9-8-. The van der Waals surface area contributed by atoms with Gasteiger partial charge in [0, 0.05) is 5.69 Å². The highest BCUT2D eigenvalue weighted by molar-refractivity contribution is 7.92. The molecule has 7 nitrogen and oxygen atoms in total. The van der Waals surface area contributed by atoms with E-state index in [1.807, 2.05) is 30.4 Å². The molecule has 0 aliphatic carbocycles. The Labute approximate surface area is 188 Å². The zero-order valence-electron chi connectivity index (χ0n) is 18.3. The lowest BCUT2D eigenvalue weighted by molar-refractivity contribution is 0.324. The van der Waals surface area contributed by atoms with Gasteiger partial charge in [-0.2, -0.15) is 0 Å².